The van der Waals surface area contributed by atoms with Crippen LogP contribution in [-0.2, 0) is 4.79 Å². The zero-order valence-electron chi connectivity index (χ0n) is 15.9. The van der Waals surface area contributed by atoms with Gasteiger partial charge in [-0.2, -0.15) is 0 Å². The first-order valence-electron chi connectivity index (χ1n) is 9.30. The largest absolute Gasteiger partial charge is 0.334 e. The molecule has 2 saturated heterocycles. The summed E-state index contributed by atoms with van der Waals surface area (Å²) in [6.07, 6.45) is 3.37. The molecule has 1 N–H and O–H groups in total. The van der Waals surface area contributed by atoms with Gasteiger partial charge < -0.3 is 10.2 Å². The number of amides is 2. The van der Waals surface area contributed by atoms with Crippen molar-refractivity contribution >= 4 is 52.1 Å². The maximum absolute atomic E-state index is 13.8. The molecule has 2 aliphatic rings. The number of thiocarbonyl (C=S) groups is 1. The smallest absolute Gasteiger partial charge is 0.277 e. The van der Waals surface area contributed by atoms with Crippen molar-refractivity contribution < 1.29 is 18.4 Å². The Morgan fingerprint density at radius 3 is 2.73 bits per heavy atom. The molecule has 156 valence electrons. The number of halogens is 3. The second kappa shape index (κ2) is 7.55. The first-order chi connectivity index (χ1) is 14.2. The minimum Gasteiger partial charge on any atom is -0.334 e. The summed E-state index contributed by atoms with van der Waals surface area (Å²) in [6.45, 7) is 2.59. The molecule has 0 radical (unpaired) electrons. The van der Waals surface area contributed by atoms with E-state index in [4.69, 9.17) is 23.8 Å². The lowest BCUT2D eigenvalue weighted by Gasteiger charge is -2.36. The normalized spacial score (nSPS) is 21.1. The van der Waals surface area contributed by atoms with Gasteiger partial charge in [-0.25, -0.2) is 13.8 Å². The fourth-order valence-electron chi connectivity index (χ4n) is 3.85. The Bertz CT molecular complexity index is 1080. The predicted molar refractivity (Wildman–Crippen MR) is 113 cm³/mol. The highest BCUT2D eigenvalue weighted by Gasteiger charge is 2.53. The number of piperidine rings is 1. The molecule has 0 spiro atoms. The van der Waals surface area contributed by atoms with E-state index < -0.39 is 28.8 Å². The molecule has 30 heavy (non-hydrogen) atoms. The number of carbonyl (C=O) groups excluding carboxylic acids is 2. The van der Waals surface area contributed by atoms with Crippen LogP contribution in [0.4, 0.5) is 20.2 Å². The van der Waals surface area contributed by atoms with Crippen LogP contribution >= 0.6 is 23.8 Å². The highest BCUT2D eigenvalue weighted by atomic mass is 35.5. The van der Waals surface area contributed by atoms with Gasteiger partial charge in [-0.15, -0.1) is 0 Å². The highest BCUT2D eigenvalue weighted by molar-refractivity contribution is 7.80. The molecule has 0 aliphatic carbocycles. The van der Waals surface area contributed by atoms with E-state index in [0.29, 0.717) is 29.8 Å². The first-order valence-corrected chi connectivity index (χ1v) is 10.1. The summed E-state index contributed by atoms with van der Waals surface area (Å²) < 4.78 is 26.8. The fraction of sp³-hybridized carbons (Fsp3) is 0.300. The van der Waals surface area contributed by atoms with Crippen molar-refractivity contribution in [2.75, 3.05) is 16.8 Å². The van der Waals surface area contributed by atoms with Crippen LogP contribution in [0.5, 0.6) is 0 Å². The molecule has 10 heteroatoms. The Morgan fingerprint density at radius 1 is 1.30 bits per heavy atom. The van der Waals surface area contributed by atoms with Crippen molar-refractivity contribution in [3.8, 4) is 0 Å². The predicted octanol–water partition coefficient (Wildman–Crippen LogP) is 4.14. The molecule has 2 fully saturated rings. The van der Waals surface area contributed by atoms with E-state index >= 15 is 0 Å². The van der Waals surface area contributed by atoms with Gasteiger partial charge in [0, 0.05) is 18.3 Å². The van der Waals surface area contributed by atoms with Gasteiger partial charge in [-0.05, 0) is 56.6 Å². The van der Waals surface area contributed by atoms with Crippen LogP contribution < -0.4 is 10.2 Å². The third-order valence-electron chi connectivity index (χ3n) is 5.45. The van der Waals surface area contributed by atoms with Crippen LogP contribution in [0.25, 0.3) is 0 Å². The van der Waals surface area contributed by atoms with Crippen LogP contribution in [0.2, 0.25) is 5.02 Å². The standard InChI is InChI=1S/C20H17ClF2N4O2S/c1-20-6-2-3-7-26(20)19(30)27(18(20)29)15-5-4-12(9-13(15)21)25-17(28)16-14(23)8-11(22)10-24-16/h4-5,8-10H,2-3,6-7H2,1H3,(H,25,28). The van der Waals surface area contributed by atoms with Crippen molar-refractivity contribution in [1.29, 1.82) is 0 Å². The minimum atomic E-state index is -1.08. The van der Waals surface area contributed by atoms with Crippen molar-refractivity contribution in [3.05, 3.63) is 52.8 Å². The van der Waals surface area contributed by atoms with Crippen molar-refractivity contribution in [3.63, 3.8) is 0 Å². The van der Waals surface area contributed by atoms with Gasteiger partial charge in [0.05, 0.1) is 16.9 Å². The maximum atomic E-state index is 13.8. The quantitative estimate of drug-likeness (QED) is 0.712. The van der Waals surface area contributed by atoms with E-state index in [1.54, 1.807) is 6.07 Å². The molecule has 1 aromatic carbocycles. The number of nitrogens with zero attached hydrogens (tertiary/aromatic N) is 3. The number of fused-ring (bicyclic) bond motifs is 1. The van der Waals surface area contributed by atoms with Crippen molar-refractivity contribution in [2.45, 2.75) is 31.7 Å². The molecule has 6 nitrogen and oxygen atoms in total. The molecule has 2 aliphatic heterocycles. The number of pyridine rings is 1. The number of aromatic nitrogens is 1. The lowest BCUT2D eigenvalue weighted by molar-refractivity contribution is -0.125. The summed E-state index contributed by atoms with van der Waals surface area (Å²) in [4.78, 5) is 32.2. The minimum absolute atomic E-state index is 0.136. The Kier molecular flexibility index (Phi) is 5.19. The Morgan fingerprint density at radius 2 is 2.07 bits per heavy atom. The van der Waals surface area contributed by atoms with Crippen LogP contribution in [-0.4, -0.2) is 38.9 Å². The summed E-state index contributed by atoms with van der Waals surface area (Å²) in [6, 6.07) is 5.10. The average molecular weight is 451 g/mol. The molecule has 3 heterocycles. The van der Waals surface area contributed by atoms with Crippen LogP contribution in [0.1, 0.15) is 36.7 Å². The topological polar surface area (TPSA) is 65.5 Å². The number of anilines is 2. The van der Waals surface area contributed by atoms with Gasteiger partial charge in [0.2, 0.25) is 0 Å². The molecule has 1 atom stereocenters. The molecule has 2 amide bonds. The van der Waals surface area contributed by atoms with E-state index in [1.165, 1.54) is 17.0 Å². The van der Waals surface area contributed by atoms with Crippen LogP contribution in [0, 0.1) is 11.6 Å². The highest BCUT2D eigenvalue weighted by Crippen LogP contribution is 2.41. The van der Waals surface area contributed by atoms with E-state index in [1.807, 2.05) is 11.8 Å². The molecule has 0 saturated carbocycles. The Labute approximate surface area is 181 Å². The third kappa shape index (κ3) is 3.31. The molecule has 4 rings (SSSR count). The molecular weight excluding hydrogens is 434 g/mol. The van der Waals surface area contributed by atoms with Gasteiger partial charge >= 0.3 is 0 Å². The second-order valence-electron chi connectivity index (χ2n) is 7.41. The number of rotatable bonds is 3. The van der Waals surface area contributed by atoms with E-state index in [9.17, 15) is 18.4 Å². The third-order valence-corrected chi connectivity index (χ3v) is 6.15. The Hall–Kier alpha value is -2.65. The molecule has 1 unspecified atom stereocenters. The SMILES string of the molecule is CC12CCCCN1C(=S)N(c1ccc(NC(=O)c3ncc(F)cc3F)cc1Cl)C2=O. The Balaban J connectivity index is 1.59. The lowest BCUT2D eigenvalue weighted by atomic mass is 9.89. The zero-order valence-corrected chi connectivity index (χ0v) is 17.5. The number of carbonyl (C=O) groups is 2. The fourth-order valence-corrected chi connectivity index (χ4v) is 4.59. The summed E-state index contributed by atoms with van der Waals surface area (Å²) in [5.41, 5.74) is -0.554. The molecular formula is C20H17ClF2N4O2S. The van der Waals surface area contributed by atoms with Gasteiger partial charge in [0.25, 0.3) is 11.8 Å². The van der Waals surface area contributed by atoms with E-state index in [2.05, 4.69) is 10.3 Å². The van der Waals surface area contributed by atoms with Crippen LogP contribution in [0.15, 0.2) is 30.5 Å². The van der Waals surface area contributed by atoms with Crippen molar-refractivity contribution in [1.82, 2.24) is 9.88 Å². The number of benzene rings is 1. The van der Waals surface area contributed by atoms with Gasteiger partial charge in [0.15, 0.2) is 16.6 Å². The van der Waals surface area contributed by atoms with E-state index in [-0.39, 0.29) is 16.6 Å². The summed E-state index contributed by atoms with van der Waals surface area (Å²) in [5, 5.41) is 3.06. The lowest BCUT2D eigenvalue weighted by Crippen LogP contribution is -2.49. The molecule has 0 bridgehead atoms. The monoisotopic (exact) mass is 450 g/mol. The van der Waals surface area contributed by atoms with Gasteiger partial charge in [-0.1, -0.05) is 11.6 Å². The average Bonchev–Trinajstić information content (AvgIpc) is 2.88. The van der Waals surface area contributed by atoms with E-state index in [0.717, 1.165) is 19.0 Å². The number of hydrogen-bond donors (Lipinski definition) is 1. The first kappa shape index (κ1) is 20.6. The summed E-state index contributed by atoms with van der Waals surface area (Å²) in [7, 11) is 0. The van der Waals surface area contributed by atoms with Crippen LogP contribution in [0.3, 0.4) is 0 Å². The van der Waals surface area contributed by atoms with Gasteiger partial charge in [-0.3, -0.25) is 14.5 Å². The van der Waals surface area contributed by atoms with Crippen molar-refractivity contribution in [2.24, 2.45) is 0 Å². The van der Waals surface area contributed by atoms with Gasteiger partial charge in [0.1, 0.15) is 11.4 Å². The summed E-state index contributed by atoms with van der Waals surface area (Å²) in [5.74, 6) is -2.95. The number of nitrogens with one attached hydrogen (secondary N) is 1. The molecule has 2 aromatic rings. The summed E-state index contributed by atoms with van der Waals surface area (Å²) >= 11 is 11.9. The molecule has 1 aromatic heterocycles. The zero-order chi connectivity index (χ0) is 21.6. The second-order valence-corrected chi connectivity index (χ2v) is 8.18. The maximum Gasteiger partial charge on any atom is 0.277 e. The number of hydrogen-bond acceptors (Lipinski definition) is 4.